The Balaban J connectivity index is 1.36. The summed E-state index contributed by atoms with van der Waals surface area (Å²) < 4.78 is 5.20. The number of amides is 1. The van der Waals surface area contributed by atoms with Gasteiger partial charge in [0.05, 0.1) is 5.56 Å². The van der Waals surface area contributed by atoms with Crippen LogP contribution in [-0.2, 0) is 9.53 Å². The molecular formula is C27H26N2O4. The van der Waals surface area contributed by atoms with Gasteiger partial charge in [0.2, 0.25) is 0 Å². The van der Waals surface area contributed by atoms with E-state index in [-0.39, 0.29) is 16.9 Å². The van der Waals surface area contributed by atoms with Crippen molar-refractivity contribution >= 4 is 29.0 Å². The van der Waals surface area contributed by atoms with Crippen molar-refractivity contribution < 1.29 is 19.1 Å². The quantitative estimate of drug-likeness (QED) is 0.427. The van der Waals surface area contributed by atoms with Gasteiger partial charge in [-0.1, -0.05) is 48.0 Å². The van der Waals surface area contributed by atoms with Gasteiger partial charge in [0, 0.05) is 35.6 Å². The molecule has 0 atom stereocenters. The number of rotatable bonds is 7. The molecule has 1 fully saturated rings. The summed E-state index contributed by atoms with van der Waals surface area (Å²) in [6.45, 7) is 3.59. The molecule has 3 aromatic rings. The molecule has 0 unspecified atom stereocenters. The number of hydrogen-bond donors (Lipinski definition) is 1. The van der Waals surface area contributed by atoms with Crippen molar-refractivity contribution in [3.63, 3.8) is 0 Å². The maximum atomic E-state index is 12.9. The first-order chi connectivity index (χ1) is 16.0. The first-order valence-corrected chi connectivity index (χ1v) is 11.0. The van der Waals surface area contributed by atoms with Crippen molar-refractivity contribution in [1.82, 2.24) is 0 Å². The van der Waals surface area contributed by atoms with Crippen molar-refractivity contribution in [1.29, 1.82) is 0 Å². The molecule has 168 valence electrons. The van der Waals surface area contributed by atoms with Crippen LogP contribution < -0.4 is 10.2 Å². The van der Waals surface area contributed by atoms with E-state index in [9.17, 15) is 14.4 Å². The fourth-order valence-corrected chi connectivity index (χ4v) is 3.86. The normalized spacial score (nSPS) is 12.9. The van der Waals surface area contributed by atoms with E-state index in [0.717, 1.165) is 24.3 Å². The largest absolute Gasteiger partial charge is 0.452 e. The van der Waals surface area contributed by atoms with Crippen LogP contribution in [0, 0.1) is 6.92 Å². The van der Waals surface area contributed by atoms with Crippen molar-refractivity contribution in [2.24, 2.45) is 0 Å². The average Bonchev–Trinajstić information content (AvgIpc) is 3.38. The number of hydrogen-bond acceptors (Lipinski definition) is 5. The minimum atomic E-state index is -0.717. The van der Waals surface area contributed by atoms with Crippen molar-refractivity contribution in [2.45, 2.75) is 19.8 Å². The average molecular weight is 443 g/mol. The second-order valence-corrected chi connectivity index (χ2v) is 8.11. The Kier molecular flexibility index (Phi) is 6.83. The second kappa shape index (κ2) is 10.1. The van der Waals surface area contributed by atoms with Crippen molar-refractivity contribution in [3.05, 3.63) is 95.1 Å². The fourth-order valence-electron chi connectivity index (χ4n) is 3.86. The van der Waals surface area contributed by atoms with Gasteiger partial charge >= 0.3 is 5.97 Å². The fraction of sp³-hybridized carbons (Fsp3) is 0.222. The molecule has 1 aliphatic heterocycles. The summed E-state index contributed by atoms with van der Waals surface area (Å²) in [5.41, 5.74) is 3.66. The lowest BCUT2D eigenvalue weighted by molar-refractivity contribution is -0.119. The highest BCUT2D eigenvalue weighted by Gasteiger charge is 2.20. The molecule has 1 N–H and O–H groups in total. The Morgan fingerprint density at radius 3 is 2.15 bits per heavy atom. The third kappa shape index (κ3) is 5.47. The Hall–Kier alpha value is -3.93. The molecular weight excluding hydrogens is 416 g/mol. The highest BCUT2D eigenvalue weighted by atomic mass is 16.5. The molecule has 0 radical (unpaired) electrons. The summed E-state index contributed by atoms with van der Waals surface area (Å²) in [6, 6.07) is 21.2. The third-order valence-corrected chi connectivity index (χ3v) is 5.66. The third-order valence-electron chi connectivity index (χ3n) is 5.66. The molecule has 0 aliphatic carbocycles. The van der Waals surface area contributed by atoms with E-state index in [0.29, 0.717) is 11.3 Å². The van der Waals surface area contributed by atoms with Crippen LogP contribution in [0.2, 0.25) is 0 Å². The molecule has 3 aromatic carbocycles. The lowest BCUT2D eigenvalue weighted by atomic mass is 9.98. The van der Waals surface area contributed by atoms with Crippen LogP contribution in [0.25, 0.3) is 0 Å². The monoisotopic (exact) mass is 442 g/mol. The van der Waals surface area contributed by atoms with Crippen molar-refractivity contribution in [2.75, 3.05) is 29.9 Å². The molecule has 1 heterocycles. The van der Waals surface area contributed by atoms with Crippen LogP contribution in [0.1, 0.15) is 44.7 Å². The zero-order valence-electron chi connectivity index (χ0n) is 18.5. The highest BCUT2D eigenvalue weighted by Crippen LogP contribution is 2.22. The maximum absolute atomic E-state index is 12.9. The number of esters is 1. The topological polar surface area (TPSA) is 75.7 Å². The molecule has 0 saturated carbocycles. The number of carbonyl (C=O) groups is 3. The van der Waals surface area contributed by atoms with E-state index in [4.69, 9.17) is 4.74 Å². The van der Waals surface area contributed by atoms with Gasteiger partial charge in [-0.15, -0.1) is 0 Å². The number of anilines is 2. The second-order valence-electron chi connectivity index (χ2n) is 8.11. The molecule has 6 nitrogen and oxygen atoms in total. The number of carbonyl (C=O) groups excluding carboxylic acids is 3. The number of nitrogens with one attached hydrogen (secondary N) is 1. The van der Waals surface area contributed by atoms with Crippen LogP contribution in [0.4, 0.5) is 11.4 Å². The lowest BCUT2D eigenvalue weighted by Crippen LogP contribution is -2.22. The number of benzene rings is 3. The molecule has 1 saturated heterocycles. The van der Waals surface area contributed by atoms with Gasteiger partial charge in [-0.25, -0.2) is 4.79 Å². The van der Waals surface area contributed by atoms with Gasteiger partial charge < -0.3 is 15.0 Å². The molecule has 0 bridgehead atoms. The molecule has 6 heteroatoms. The van der Waals surface area contributed by atoms with Gasteiger partial charge in [0.15, 0.2) is 12.4 Å². The summed E-state index contributed by atoms with van der Waals surface area (Å²) in [5.74, 6) is -1.43. The Labute approximate surface area is 193 Å². The molecule has 0 spiro atoms. The predicted molar refractivity (Wildman–Crippen MR) is 128 cm³/mol. The number of aryl methyl sites for hydroxylation is 1. The Bertz CT molecular complexity index is 1150. The van der Waals surface area contributed by atoms with E-state index in [1.165, 1.54) is 18.9 Å². The van der Waals surface area contributed by atoms with Gasteiger partial charge in [-0.05, 0) is 50.1 Å². The van der Waals surface area contributed by atoms with E-state index >= 15 is 0 Å². The Morgan fingerprint density at radius 2 is 1.48 bits per heavy atom. The first kappa shape index (κ1) is 22.3. The summed E-state index contributed by atoms with van der Waals surface area (Å²) in [6.07, 6.45) is 2.40. The Morgan fingerprint density at radius 1 is 0.848 bits per heavy atom. The van der Waals surface area contributed by atoms with Crippen LogP contribution in [-0.4, -0.2) is 37.4 Å². The van der Waals surface area contributed by atoms with Gasteiger partial charge in [0.25, 0.3) is 5.91 Å². The summed E-state index contributed by atoms with van der Waals surface area (Å²) in [4.78, 5) is 40.1. The van der Waals surface area contributed by atoms with E-state index in [1.54, 1.807) is 30.3 Å². The van der Waals surface area contributed by atoms with Crippen LogP contribution in [0.5, 0.6) is 0 Å². The predicted octanol–water partition coefficient (Wildman–Crippen LogP) is 4.62. The highest BCUT2D eigenvalue weighted by molar-refractivity contribution is 6.14. The zero-order valence-corrected chi connectivity index (χ0v) is 18.5. The smallest absolute Gasteiger partial charge is 0.339 e. The SMILES string of the molecule is Cc1ccc(C(=O)c2ccccc2C(=O)OCC(=O)Nc2ccc(N3CCCC3)cc2)cc1. The summed E-state index contributed by atoms with van der Waals surface area (Å²) in [5, 5.41) is 2.73. The van der Waals surface area contributed by atoms with E-state index < -0.39 is 18.5 Å². The molecule has 4 rings (SSSR count). The number of ketones is 1. The van der Waals surface area contributed by atoms with E-state index in [2.05, 4.69) is 10.2 Å². The molecule has 33 heavy (non-hydrogen) atoms. The van der Waals surface area contributed by atoms with Crippen LogP contribution in [0.15, 0.2) is 72.8 Å². The van der Waals surface area contributed by atoms with Gasteiger partial charge in [-0.3, -0.25) is 9.59 Å². The molecule has 1 amide bonds. The van der Waals surface area contributed by atoms with Gasteiger partial charge in [-0.2, -0.15) is 0 Å². The van der Waals surface area contributed by atoms with E-state index in [1.807, 2.05) is 43.3 Å². The molecule has 1 aliphatic rings. The molecule has 0 aromatic heterocycles. The summed E-state index contributed by atoms with van der Waals surface area (Å²) in [7, 11) is 0. The van der Waals surface area contributed by atoms with Crippen LogP contribution >= 0.6 is 0 Å². The first-order valence-electron chi connectivity index (χ1n) is 11.0. The zero-order chi connectivity index (χ0) is 23.2. The van der Waals surface area contributed by atoms with Crippen molar-refractivity contribution in [3.8, 4) is 0 Å². The van der Waals surface area contributed by atoms with Gasteiger partial charge in [0.1, 0.15) is 0 Å². The minimum absolute atomic E-state index is 0.130. The minimum Gasteiger partial charge on any atom is -0.452 e. The lowest BCUT2D eigenvalue weighted by Gasteiger charge is -2.17. The standard InChI is InChI=1S/C27H26N2O4/c1-19-8-10-20(11-9-19)26(31)23-6-2-3-7-24(23)27(32)33-18-25(30)28-21-12-14-22(15-13-21)29-16-4-5-17-29/h2-3,6-15H,4-5,16-18H2,1H3,(H,28,30). The van der Waals surface area contributed by atoms with Crippen LogP contribution in [0.3, 0.4) is 0 Å². The maximum Gasteiger partial charge on any atom is 0.339 e. The number of nitrogens with zero attached hydrogens (tertiary/aromatic N) is 1. The number of ether oxygens (including phenoxy) is 1. The summed E-state index contributed by atoms with van der Waals surface area (Å²) >= 11 is 0.